The lowest BCUT2D eigenvalue weighted by molar-refractivity contribution is -0.125. The summed E-state index contributed by atoms with van der Waals surface area (Å²) in [5.41, 5.74) is 0.431. The van der Waals surface area contributed by atoms with Gasteiger partial charge in [0.25, 0.3) is 0 Å². The van der Waals surface area contributed by atoms with Gasteiger partial charge in [0.2, 0.25) is 5.91 Å². The zero-order valence-corrected chi connectivity index (χ0v) is 13.6. The highest BCUT2D eigenvalue weighted by atomic mass is 19.1. The van der Waals surface area contributed by atoms with Gasteiger partial charge in [-0.2, -0.15) is 0 Å². The number of carbonyl (C=O) groups excluding carboxylic acids is 1. The Bertz CT molecular complexity index is 484. The van der Waals surface area contributed by atoms with E-state index in [1.807, 2.05) is 0 Å². The smallest absolute Gasteiger partial charge is 0.242 e. The molecule has 2 rings (SSSR count). The third kappa shape index (κ3) is 4.54. The largest absolute Gasteiger partial charge is 0.354 e. The highest BCUT2D eigenvalue weighted by Gasteiger charge is 2.25. The first-order valence-electron chi connectivity index (χ1n) is 8.28. The summed E-state index contributed by atoms with van der Waals surface area (Å²) in [4.78, 5) is 14.2. The minimum absolute atomic E-state index is 0.124. The van der Waals surface area contributed by atoms with Gasteiger partial charge in [0.15, 0.2) is 0 Å². The van der Waals surface area contributed by atoms with E-state index in [0.717, 1.165) is 12.3 Å². The first-order valence-corrected chi connectivity index (χ1v) is 8.28. The van der Waals surface area contributed by atoms with Gasteiger partial charge in [-0.05, 0) is 38.9 Å². The Morgan fingerprint density at radius 2 is 2.00 bits per heavy atom. The SMILES string of the molecule is CN(C)C(C(=O)NCCCC1CCCC1)c1ccccc1F. The number of hydrogen-bond donors (Lipinski definition) is 1. The Morgan fingerprint density at radius 1 is 1.32 bits per heavy atom. The summed E-state index contributed by atoms with van der Waals surface area (Å²) in [5.74, 6) is 0.386. The molecule has 0 heterocycles. The average Bonchev–Trinajstić information content (AvgIpc) is 2.99. The molecule has 1 N–H and O–H groups in total. The van der Waals surface area contributed by atoms with E-state index in [4.69, 9.17) is 0 Å². The normalized spacial score (nSPS) is 16.9. The quantitative estimate of drug-likeness (QED) is 0.782. The summed E-state index contributed by atoms with van der Waals surface area (Å²) >= 11 is 0. The molecule has 0 saturated heterocycles. The molecule has 0 spiro atoms. The molecule has 122 valence electrons. The van der Waals surface area contributed by atoms with Crippen LogP contribution < -0.4 is 5.32 Å². The maximum Gasteiger partial charge on any atom is 0.242 e. The standard InChI is InChI=1S/C18H27FN2O/c1-21(2)17(15-11-5-6-12-16(15)19)18(22)20-13-7-10-14-8-3-4-9-14/h5-6,11-12,14,17H,3-4,7-10,13H2,1-2H3,(H,20,22). The van der Waals surface area contributed by atoms with Gasteiger partial charge < -0.3 is 5.32 Å². The van der Waals surface area contributed by atoms with Crippen LogP contribution in [0.4, 0.5) is 4.39 Å². The van der Waals surface area contributed by atoms with Crippen LogP contribution in [0.25, 0.3) is 0 Å². The second-order valence-electron chi connectivity index (χ2n) is 6.47. The van der Waals surface area contributed by atoms with Crippen molar-refractivity contribution in [1.29, 1.82) is 0 Å². The molecule has 3 nitrogen and oxygen atoms in total. The second kappa shape index (κ2) is 8.28. The molecule has 1 unspecified atom stereocenters. The van der Waals surface area contributed by atoms with Gasteiger partial charge in [-0.25, -0.2) is 4.39 Å². The monoisotopic (exact) mass is 306 g/mol. The van der Waals surface area contributed by atoms with Crippen LogP contribution in [-0.2, 0) is 4.79 Å². The molecule has 1 aliphatic carbocycles. The topological polar surface area (TPSA) is 32.3 Å². The summed E-state index contributed by atoms with van der Waals surface area (Å²) in [5, 5.41) is 2.97. The van der Waals surface area contributed by atoms with Gasteiger partial charge in [-0.3, -0.25) is 9.69 Å². The van der Waals surface area contributed by atoms with Gasteiger partial charge >= 0.3 is 0 Å². The van der Waals surface area contributed by atoms with Crippen molar-refractivity contribution in [3.05, 3.63) is 35.6 Å². The maximum absolute atomic E-state index is 13.9. The summed E-state index contributed by atoms with van der Waals surface area (Å²) in [6.07, 6.45) is 7.58. The van der Waals surface area contributed by atoms with E-state index < -0.39 is 6.04 Å². The zero-order chi connectivity index (χ0) is 15.9. The van der Waals surface area contributed by atoms with Gasteiger partial charge in [0, 0.05) is 12.1 Å². The molecule has 4 heteroatoms. The number of likely N-dealkylation sites (N-methyl/N-ethyl adjacent to an activating group) is 1. The van der Waals surface area contributed by atoms with E-state index in [9.17, 15) is 9.18 Å². The Balaban J connectivity index is 1.86. The fourth-order valence-electron chi connectivity index (χ4n) is 3.35. The molecule has 0 aromatic heterocycles. The third-order valence-corrected chi connectivity index (χ3v) is 4.53. The summed E-state index contributed by atoms with van der Waals surface area (Å²) in [7, 11) is 3.60. The predicted octanol–water partition coefficient (Wildman–Crippen LogP) is 3.52. The summed E-state index contributed by atoms with van der Waals surface area (Å²) in [6.45, 7) is 0.675. The average molecular weight is 306 g/mol. The molecule has 0 radical (unpaired) electrons. The molecule has 0 aliphatic heterocycles. The van der Waals surface area contributed by atoms with E-state index in [1.54, 1.807) is 37.2 Å². The van der Waals surface area contributed by atoms with E-state index >= 15 is 0 Å². The highest BCUT2D eigenvalue weighted by molar-refractivity contribution is 5.83. The molecule has 1 atom stereocenters. The molecule has 1 fully saturated rings. The molecule has 0 bridgehead atoms. The molecule has 1 saturated carbocycles. The Hall–Kier alpha value is -1.42. The Labute approximate surface area is 132 Å². The van der Waals surface area contributed by atoms with Crippen LogP contribution in [0.5, 0.6) is 0 Å². The number of hydrogen-bond acceptors (Lipinski definition) is 2. The predicted molar refractivity (Wildman–Crippen MR) is 87.0 cm³/mol. The van der Waals surface area contributed by atoms with E-state index in [1.165, 1.54) is 38.2 Å². The number of rotatable bonds is 7. The number of halogens is 1. The number of benzene rings is 1. The van der Waals surface area contributed by atoms with Crippen molar-refractivity contribution < 1.29 is 9.18 Å². The molecular weight excluding hydrogens is 279 g/mol. The minimum atomic E-state index is -0.576. The fraction of sp³-hybridized carbons (Fsp3) is 0.611. The van der Waals surface area contributed by atoms with E-state index in [-0.39, 0.29) is 11.7 Å². The Morgan fingerprint density at radius 3 is 2.64 bits per heavy atom. The molecule has 22 heavy (non-hydrogen) atoms. The van der Waals surface area contributed by atoms with Gasteiger partial charge in [0.05, 0.1) is 0 Å². The van der Waals surface area contributed by atoms with Crippen molar-refractivity contribution in [3.63, 3.8) is 0 Å². The van der Waals surface area contributed by atoms with Crippen molar-refractivity contribution in [1.82, 2.24) is 10.2 Å². The zero-order valence-electron chi connectivity index (χ0n) is 13.6. The molecule has 1 amide bonds. The number of amides is 1. The lowest BCUT2D eigenvalue weighted by Gasteiger charge is -2.24. The van der Waals surface area contributed by atoms with Crippen LogP contribution in [0.2, 0.25) is 0 Å². The van der Waals surface area contributed by atoms with Gasteiger partial charge in [0.1, 0.15) is 11.9 Å². The van der Waals surface area contributed by atoms with Crippen molar-refractivity contribution in [3.8, 4) is 0 Å². The van der Waals surface area contributed by atoms with Crippen LogP contribution in [0.15, 0.2) is 24.3 Å². The Kier molecular flexibility index (Phi) is 6.37. The lowest BCUT2D eigenvalue weighted by Crippen LogP contribution is -2.38. The van der Waals surface area contributed by atoms with Gasteiger partial charge in [-0.15, -0.1) is 0 Å². The van der Waals surface area contributed by atoms with Crippen LogP contribution in [-0.4, -0.2) is 31.4 Å². The number of nitrogens with one attached hydrogen (secondary N) is 1. The molecule has 1 aromatic carbocycles. The van der Waals surface area contributed by atoms with Crippen LogP contribution >= 0.6 is 0 Å². The number of carbonyl (C=O) groups is 1. The first kappa shape index (κ1) is 16.9. The first-order chi connectivity index (χ1) is 10.6. The fourth-order valence-corrected chi connectivity index (χ4v) is 3.35. The van der Waals surface area contributed by atoms with Crippen LogP contribution in [0.1, 0.15) is 50.1 Å². The third-order valence-electron chi connectivity index (χ3n) is 4.53. The van der Waals surface area contributed by atoms with E-state index in [2.05, 4.69) is 5.32 Å². The molecule has 1 aliphatic rings. The van der Waals surface area contributed by atoms with Crippen molar-refractivity contribution in [2.24, 2.45) is 5.92 Å². The summed E-state index contributed by atoms with van der Waals surface area (Å²) < 4.78 is 13.9. The summed E-state index contributed by atoms with van der Waals surface area (Å²) in [6, 6.07) is 5.91. The van der Waals surface area contributed by atoms with Crippen LogP contribution in [0, 0.1) is 11.7 Å². The highest BCUT2D eigenvalue weighted by Crippen LogP contribution is 2.28. The lowest BCUT2D eigenvalue weighted by atomic mass is 10.0. The van der Waals surface area contributed by atoms with E-state index in [0.29, 0.717) is 12.1 Å². The van der Waals surface area contributed by atoms with Crippen molar-refractivity contribution in [2.45, 2.75) is 44.6 Å². The van der Waals surface area contributed by atoms with Crippen LogP contribution in [0.3, 0.4) is 0 Å². The van der Waals surface area contributed by atoms with Crippen molar-refractivity contribution >= 4 is 5.91 Å². The second-order valence-corrected chi connectivity index (χ2v) is 6.47. The van der Waals surface area contributed by atoms with Crippen molar-refractivity contribution in [2.75, 3.05) is 20.6 Å². The molecular formula is C18H27FN2O. The van der Waals surface area contributed by atoms with Gasteiger partial charge in [-0.1, -0.05) is 43.9 Å². The maximum atomic E-state index is 13.9. The minimum Gasteiger partial charge on any atom is -0.354 e. The molecule has 1 aromatic rings. The number of nitrogens with zero attached hydrogens (tertiary/aromatic N) is 1.